The number of hydrogen-bond acceptors (Lipinski definition) is 4. The smallest absolute Gasteiger partial charge is 0.152 e. The van der Waals surface area contributed by atoms with E-state index in [1.165, 1.54) is 6.42 Å². The number of nitrogens with zero attached hydrogens (tertiary/aromatic N) is 1. The zero-order valence-corrected chi connectivity index (χ0v) is 13.0. The van der Waals surface area contributed by atoms with Crippen molar-refractivity contribution in [3.05, 3.63) is 29.8 Å². The number of benzene rings is 1. The van der Waals surface area contributed by atoms with Crippen molar-refractivity contribution in [3.63, 3.8) is 0 Å². The quantitative estimate of drug-likeness (QED) is 0.298. The van der Waals surface area contributed by atoms with E-state index >= 15 is 0 Å². The predicted molar refractivity (Wildman–Crippen MR) is 89.5 cm³/mol. The zero-order chi connectivity index (χ0) is 15.6. The largest absolute Gasteiger partial charge is 0.387 e. The van der Waals surface area contributed by atoms with Gasteiger partial charge in [-0.25, -0.2) is 0 Å². The molecular formula is C17H26N4O. The SMILES string of the molecule is N/N=C(\N)c1ccccc1NC1CCC[C@H]2CCCC[C@]12O. The molecule has 5 heteroatoms. The first-order valence-electron chi connectivity index (χ1n) is 8.27. The van der Waals surface area contributed by atoms with Gasteiger partial charge in [0.1, 0.15) is 0 Å². The molecule has 6 N–H and O–H groups in total. The highest BCUT2D eigenvalue weighted by Crippen LogP contribution is 2.45. The maximum Gasteiger partial charge on any atom is 0.152 e. The van der Waals surface area contributed by atoms with Gasteiger partial charge in [-0.3, -0.25) is 0 Å². The van der Waals surface area contributed by atoms with Crippen LogP contribution >= 0.6 is 0 Å². The third-order valence-corrected chi connectivity index (χ3v) is 5.41. The summed E-state index contributed by atoms with van der Waals surface area (Å²) in [4.78, 5) is 0. The average Bonchev–Trinajstić information content (AvgIpc) is 2.55. The molecule has 0 aromatic heterocycles. The molecule has 0 bridgehead atoms. The summed E-state index contributed by atoms with van der Waals surface area (Å²) < 4.78 is 0. The summed E-state index contributed by atoms with van der Waals surface area (Å²) in [6.07, 6.45) is 7.67. The maximum atomic E-state index is 11.3. The summed E-state index contributed by atoms with van der Waals surface area (Å²) in [6.45, 7) is 0. The Balaban J connectivity index is 1.86. The van der Waals surface area contributed by atoms with Crippen molar-refractivity contribution in [2.45, 2.75) is 56.6 Å². The van der Waals surface area contributed by atoms with Crippen molar-refractivity contribution in [1.82, 2.24) is 0 Å². The summed E-state index contributed by atoms with van der Waals surface area (Å²) >= 11 is 0. The monoisotopic (exact) mass is 302 g/mol. The van der Waals surface area contributed by atoms with Crippen LogP contribution in [0, 0.1) is 5.92 Å². The van der Waals surface area contributed by atoms with E-state index < -0.39 is 5.60 Å². The van der Waals surface area contributed by atoms with Gasteiger partial charge in [0.05, 0.1) is 11.6 Å². The van der Waals surface area contributed by atoms with Crippen LogP contribution in [0.3, 0.4) is 0 Å². The van der Waals surface area contributed by atoms with E-state index in [4.69, 9.17) is 11.6 Å². The lowest BCUT2D eigenvalue weighted by molar-refractivity contribution is -0.0835. The van der Waals surface area contributed by atoms with Crippen molar-refractivity contribution in [1.29, 1.82) is 0 Å². The van der Waals surface area contributed by atoms with Crippen molar-refractivity contribution < 1.29 is 5.11 Å². The van der Waals surface area contributed by atoms with Crippen LogP contribution in [-0.2, 0) is 0 Å². The number of nitrogens with one attached hydrogen (secondary N) is 1. The van der Waals surface area contributed by atoms with Crippen LogP contribution in [0.25, 0.3) is 0 Å². The normalized spacial score (nSPS) is 32.3. The van der Waals surface area contributed by atoms with Crippen molar-refractivity contribution in [2.24, 2.45) is 22.6 Å². The van der Waals surface area contributed by atoms with Gasteiger partial charge in [0.25, 0.3) is 0 Å². The van der Waals surface area contributed by atoms with Crippen LogP contribution in [0.1, 0.15) is 50.5 Å². The van der Waals surface area contributed by atoms with Crippen molar-refractivity contribution >= 4 is 11.5 Å². The number of anilines is 1. The molecule has 0 heterocycles. The molecular weight excluding hydrogens is 276 g/mol. The summed E-state index contributed by atoms with van der Waals surface area (Å²) in [6, 6.07) is 7.82. The molecule has 1 aromatic rings. The van der Waals surface area contributed by atoms with E-state index in [9.17, 15) is 5.11 Å². The van der Waals surface area contributed by atoms with E-state index in [0.717, 1.165) is 49.8 Å². The molecule has 2 aliphatic rings. The number of rotatable bonds is 3. The zero-order valence-electron chi connectivity index (χ0n) is 13.0. The Morgan fingerprint density at radius 2 is 1.95 bits per heavy atom. The molecule has 1 aromatic carbocycles. The van der Waals surface area contributed by atoms with E-state index in [0.29, 0.717) is 11.8 Å². The van der Waals surface area contributed by atoms with Crippen molar-refractivity contribution in [3.8, 4) is 0 Å². The van der Waals surface area contributed by atoms with Crippen LogP contribution in [0.4, 0.5) is 5.69 Å². The third-order valence-electron chi connectivity index (χ3n) is 5.41. The first kappa shape index (κ1) is 15.2. The number of fused-ring (bicyclic) bond motifs is 1. The van der Waals surface area contributed by atoms with Gasteiger partial charge in [-0.15, -0.1) is 0 Å². The summed E-state index contributed by atoms with van der Waals surface area (Å²) in [5.74, 6) is 6.05. The van der Waals surface area contributed by atoms with Gasteiger partial charge in [0, 0.05) is 11.3 Å². The lowest BCUT2D eigenvalue weighted by atomic mass is 9.65. The lowest BCUT2D eigenvalue weighted by Gasteiger charge is -2.49. The molecule has 0 saturated heterocycles. The van der Waals surface area contributed by atoms with E-state index in [1.807, 2.05) is 24.3 Å². The molecule has 2 saturated carbocycles. The molecule has 3 rings (SSSR count). The van der Waals surface area contributed by atoms with Gasteiger partial charge in [0.15, 0.2) is 5.84 Å². The van der Waals surface area contributed by atoms with Crippen molar-refractivity contribution in [2.75, 3.05) is 5.32 Å². The highest BCUT2D eigenvalue weighted by Gasteiger charge is 2.47. The van der Waals surface area contributed by atoms with Crippen LogP contribution in [0.15, 0.2) is 29.4 Å². The highest BCUT2D eigenvalue weighted by atomic mass is 16.3. The number of hydrogen-bond donors (Lipinski definition) is 4. The van der Waals surface area contributed by atoms with Crippen LogP contribution in [0.2, 0.25) is 0 Å². The Morgan fingerprint density at radius 3 is 2.77 bits per heavy atom. The standard InChI is InChI=1S/C17H26N4O/c18-16(21-19)13-8-1-2-9-14(13)20-15-10-5-7-12-6-3-4-11-17(12,15)22/h1-2,8-9,12,15,20,22H,3-7,10-11,19H2,(H2,18,21)/t12-,15?,17-/m1/s1. The predicted octanol–water partition coefficient (Wildman–Crippen LogP) is 2.15. The van der Waals surface area contributed by atoms with E-state index in [-0.39, 0.29) is 6.04 Å². The Labute approximate surface area is 131 Å². The molecule has 0 spiro atoms. The fourth-order valence-corrected chi connectivity index (χ4v) is 4.21. The minimum atomic E-state index is -0.599. The summed E-state index contributed by atoms with van der Waals surface area (Å²) in [5, 5.41) is 18.4. The fraction of sp³-hybridized carbons (Fsp3) is 0.588. The Kier molecular flexibility index (Phi) is 4.25. The fourth-order valence-electron chi connectivity index (χ4n) is 4.21. The maximum absolute atomic E-state index is 11.3. The number of para-hydroxylation sites is 1. The second-order valence-corrected chi connectivity index (χ2v) is 6.62. The average molecular weight is 302 g/mol. The molecule has 1 unspecified atom stereocenters. The Morgan fingerprint density at radius 1 is 1.18 bits per heavy atom. The molecule has 120 valence electrons. The van der Waals surface area contributed by atoms with Gasteiger partial charge < -0.3 is 22.0 Å². The second kappa shape index (κ2) is 6.16. The van der Waals surface area contributed by atoms with Gasteiger partial charge in [-0.2, -0.15) is 5.10 Å². The topological polar surface area (TPSA) is 96.7 Å². The van der Waals surface area contributed by atoms with E-state index in [1.54, 1.807) is 0 Å². The number of aliphatic hydroxyl groups is 1. The minimum Gasteiger partial charge on any atom is -0.387 e. The highest BCUT2D eigenvalue weighted by molar-refractivity contribution is 6.02. The van der Waals surface area contributed by atoms with Crippen LogP contribution in [0.5, 0.6) is 0 Å². The molecule has 2 aliphatic carbocycles. The first-order chi connectivity index (χ1) is 10.6. The minimum absolute atomic E-state index is 0.0678. The van der Waals surface area contributed by atoms with Crippen LogP contribution < -0.4 is 16.9 Å². The molecule has 0 amide bonds. The second-order valence-electron chi connectivity index (χ2n) is 6.62. The van der Waals surface area contributed by atoms with Crippen LogP contribution in [-0.4, -0.2) is 22.6 Å². The molecule has 22 heavy (non-hydrogen) atoms. The van der Waals surface area contributed by atoms with Gasteiger partial charge in [-0.1, -0.05) is 31.4 Å². The lowest BCUT2D eigenvalue weighted by Crippen LogP contribution is -2.56. The molecule has 3 atom stereocenters. The van der Waals surface area contributed by atoms with Gasteiger partial charge in [0.2, 0.25) is 0 Å². The van der Waals surface area contributed by atoms with E-state index in [2.05, 4.69) is 10.4 Å². The molecule has 0 radical (unpaired) electrons. The first-order valence-corrected chi connectivity index (χ1v) is 8.27. The molecule has 2 fully saturated rings. The molecule has 0 aliphatic heterocycles. The van der Waals surface area contributed by atoms with Gasteiger partial charge in [-0.05, 0) is 43.7 Å². The Hall–Kier alpha value is -1.75. The number of amidine groups is 1. The van der Waals surface area contributed by atoms with Gasteiger partial charge >= 0.3 is 0 Å². The summed E-state index contributed by atoms with van der Waals surface area (Å²) in [5.41, 5.74) is 6.99. The number of nitrogens with two attached hydrogens (primary N) is 2. The third kappa shape index (κ3) is 2.65. The Bertz CT molecular complexity index is 557. The number of hydrazone groups is 1. The summed E-state index contributed by atoms with van der Waals surface area (Å²) in [7, 11) is 0. The molecule has 5 nitrogen and oxygen atoms in total.